The first-order chi connectivity index (χ1) is 8.08. The van der Waals surface area contributed by atoms with Crippen LogP contribution in [-0.2, 0) is 0 Å². The molecule has 0 saturated carbocycles. The van der Waals surface area contributed by atoms with Gasteiger partial charge in [-0.3, -0.25) is 9.89 Å². The van der Waals surface area contributed by atoms with E-state index < -0.39 is 5.91 Å². The number of aromatic amines is 1. The largest absolute Gasteiger partial charge is 0.504 e. The summed E-state index contributed by atoms with van der Waals surface area (Å²) in [7, 11) is 0. The zero-order valence-corrected chi connectivity index (χ0v) is 9.06. The Morgan fingerprint density at radius 3 is 2.71 bits per heavy atom. The Morgan fingerprint density at radius 1 is 1.35 bits per heavy atom. The molecule has 2 aromatic rings. The van der Waals surface area contributed by atoms with E-state index in [-0.39, 0.29) is 17.1 Å². The summed E-state index contributed by atoms with van der Waals surface area (Å²) in [5.74, 6) is -0.492. The molecule has 0 saturated heterocycles. The molecule has 0 bridgehead atoms. The SMILES string of the molecule is Cc1cn[nH]c1NC(=O)c1ccc(O)c(O)c1. The van der Waals surface area contributed by atoms with E-state index in [0.29, 0.717) is 5.82 Å². The number of carbonyl (C=O) groups excluding carboxylic acids is 1. The average molecular weight is 233 g/mol. The Kier molecular flexibility index (Phi) is 2.70. The predicted octanol–water partition coefficient (Wildman–Crippen LogP) is 1.38. The molecule has 17 heavy (non-hydrogen) atoms. The van der Waals surface area contributed by atoms with Crippen LogP contribution in [0.1, 0.15) is 15.9 Å². The van der Waals surface area contributed by atoms with Crippen molar-refractivity contribution in [2.75, 3.05) is 5.32 Å². The summed E-state index contributed by atoms with van der Waals surface area (Å²) in [6, 6.07) is 3.86. The second-order valence-electron chi connectivity index (χ2n) is 3.59. The highest BCUT2D eigenvalue weighted by Crippen LogP contribution is 2.25. The van der Waals surface area contributed by atoms with E-state index in [1.54, 1.807) is 13.1 Å². The van der Waals surface area contributed by atoms with Gasteiger partial charge in [0.25, 0.3) is 5.91 Å². The maximum atomic E-state index is 11.8. The first-order valence-corrected chi connectivity index (χ1v) is 4.91. The van der Waals surface area contributed by atoms with Crippen LogP contribution in [0.2, 0.25) is 0 Å². The Hall–Kier alpha value is -2.50. The molecule has 0 radical (unpaired) electrons. The molecule has 1 aromatic heterocycles. The molecular weight excluding hydrogens is 222 g/mol. The molecule has 1 amide bonds. The normalized spacial score (nSPS) is 10.2. The van der Waals surface area contributed by atoms with Crippen LogP contribution in [0.4, 0.5) is 5.82 Å². The molecule has 6 heteroatoms. The number of hydrogen-bond donors (Lipinski definition) is 4. The van der Waals surface area contributed by atoms with Gasteiger partial charge in [0, 0.05) is 11.1 Å². The number of hydrogen-bond acceptors (Lipinski definition) is 4. The lowest BCUT2D eigenvalue weighted by Crippen LogP contribution is -2.12. The number of nitrogens with one attached hydrogen (secondary N) is 2. The van der Waals surface area contributed by atoms with Crippen molar-refractivity contribution in [1.82, 2.24) is 10.2 Å². The van der Waals surface area contributed by atoms with E-state index in [0.717, 1.165) is 5.56 Å². The van der Waals surface area contributed by atoms with Gasteiger partial charge >= 0.3 is 0 Å². The second kappa shape index (κ2) is 4.17. The predicted molar refractivity (Wildman–Crippen MR) is 61.0 cm³/mol. The van der Waals surface area contributed by atoms with E-state index in [1.807, 2.05) is 0 Å². The molecule has 0 aliphatic heterocycles. The number of H-pyrrole nitrogens is 1. The smallest absolute Gasteiger partial charge is 0.256 e. The number of phenols is 2. The molecule has 0 spiro atoms. The number of rotatable bonds is 2. The maximum Gasteiger partial charge on any atom is 0.256 e. The fraction of sp³-hybridized carbons (Fsp3) is 0.0909. The van der Waals surface area contributed by atoms with E-state index in [4.69, 9.17) is 5.11 Å². The molecule has 6 nitrogen and oxygen atoms in total. The third kappa shape index (κ3) is 2.20. The van der Waals surface area contributed by atoms with Crippen molar-refractivity contribution in [1.29, 1.82) is 0 Å². The van der Waals surface area contributed by atoms with E-state index in [9.17, 15) is 9.90 Å². The van der Waals surface area contributed by atoms with Crippen LogP contribution in [0, 0.1) is 6.92 Å². The lowest BCUT2D eigenvalue weighted by Gasteiger charge is -2.05. The van der Waals surface area contributed by atoms with Gasteiger partial charge in [-0.15, -0.1) is 0 Å². The van der Waals surface area contributed by atoms with Gasteiger partial charge in [0.2, 0.25) is 0 Å². The molecule has 2 rings (SSSR count). The lowest BCUT2D eigenvalue weighted by molar-refractivity contribution is 0.102. The Labute approximate surface area is 96.9 Å². The third-order valence-corrected chi connectivity index (χ3v) is 2.31. The van der Waals surface area contributed by atoms with Crippen LogP contribution >= 0.6 is 0 Å². The number of nitrogens with zero attached hydrogens (tertiary/aromatic N) is 1. The van der Waals surface area contributed by atoms with Crippen LogP contribution in [-0.4, -0.2) is 26.3 Å². The Balaban J connectivity index is 2.20. The third-order valence-electron chi connectivity index (χ3n) is 2.31. The number of aryl methyl sites for hydroxylation is 1. The number of benzene rings is 1. The Bertz CT molecular complexity index is 563. The summed E-state index contributed by atoms with van der Waals surface area (Å²) in [6.07, 6.45) is 1.59. The molecule has 4 N–H and O–H groups in total. The van der Waals surface area contributed by atoms with Gasteiger partial charge in [-0.2, -0.15) is 5.10 Å². The second-order valence-corrected chi connectivity index (χ2v) is 3.59. The zero-order valence-electron chi connectivity index (χ0n) is 9.06. The summed E-state index contributed by atoms with van der Waals surface area (Å²) in [4.78, 5) is 11.8. The van der Waals surface area contributed by atoms with Crippen molar-refractivity contribution in [3.05, 3.63) is 35.5 Å². The number of carbonyl (C=O) groups is 1. The summed E-state index contributed by atoms with van der Waals surface area (Å²) < 4.78 is 0. The van der Waals surface area contributed by atoms with Gasteiger partial charge in [-0.05, 0) is 25.1 Å². The maximum absolute atomic E-state index is 11.8. The average Bonchev–Trinajstić information content (AvgIpc) is 2.68. The molecule has 0 atom stereocenters. The molecule has 1 heterocycles. The zero-order chi connectivity index (χ0) is 12.4. The highest BCUT2D eigenvalue weighted by Gasteiger charge is 2.10. The number of aromatic nitrogens is 2. The van der Waals surface area contributed by atoms with Crippen LogP contribution in [0.3, 0.4) is 0 Å². The van der Waals surface area contributed by atoms with Crippen molar-refractivity contribution in [3.8, 4) is 11.5 Å². The number of amides is 1. The monoisotopic (exact) mass is 233 g/mol. The topological polar surface area (TPSA) is 98.2 Å². The highest BCUT2D eigenvalue weighted by molar-refractivity contribution is 6.04. The molecular formula is C11H11N3O3. The minimum atomic E-state index is -0.396. The number of aromatic hydroxyl groups is 2. The van der Waals surface area contributed by atoms with Gasteiger partial charge in [-0.25, -0.2) is 0 Å². The van der Waals surface area contributed by atoms with Crippen LogP contribution in [0.15, 0.2) is 24.4 Å². The molecule has 0 unspecified atom stereocenters. The van der Waals surface area contributed by atoms with Crippen molar-refractivity contribution < 1.29 is 15.0 Å². The fourth-order valence-corrected chi connectivity index (χ4v) is 1.32. The quantitative estimate of drug-likeness (QED) is 0.589. The van der Waals surface area contributed by atoms with Gasteiger partial charge in [-0.1, -0.05) is 0 Å². The van der Waals surface area contributed by atoms with Crippen molar-refractivity contribution in [2.45, 2.75) is 6.92 Å². The molecule has 0 aliphatic carbocycles. The summed E-state index contributed by atoms with van der Waals surface area (Å²) >= 11 is 0. The van der Waals surface area contributed by atoms with E-state index >= 15 is 0 Å². The van der Waals surface area contributed by atoms with Gasteiger partial charge < -0.3 is 15.5 Å². The van der Waals surface area contributed by atoms with E-state index in [2.05, 4.69) is 15.5 Å². The van der Waals surface area contributed by atoms with Crippen LogP contribution in [0.5, 0.6) is 11.5 Å². The van der Waals surface area contributed by atoms with Crippen molar-refractivity contribution >= 4 is 11.7 Å². The Morgan fingerprint density at radius 2 is 2.12 bits per heavy atom. The number of phenolic OH excluding ortho intramolecular Hbond substituents is 2. The molecule has 1 aromatic carbocycles. The standard InChI is InChI=1S/C11H11N3O3/c1-6-5-12-14-10(6)13-11(17)7-2-3-8(15)9(16)4-7/h2-5,15-16H,1H3,(H2,12,13,14,17). The first kappa shape index (κ1) is 11.0. The van der Waals surface area contributed by atoms with Crippen molar-refractivity contribution in [2.24, 2.45) is 0 Å². The minimum absolute atomic E-state index is 0.245. The van der Waals surface area contributed by atoms with Crippen molar-refractivity contribution in [3.63, 3.8) is 0 Å². The van der Waals surface area contributed by atoms with Crippen LogP contribution < -0.4 is 5.32 Å². The van der Waals surface area contributed by atoms with Gasteiger partial charge in [0.1, 0.15) is 5.82 Å². The summed E-state index contributed by atoms with van der Waals surface area (Å²) in [5.41, 5.74) is 1.05. The lowest BCUT2D eigenvalue weighted by atomic mass is 10.2. The fourth-order valence-electron chi connectivity index (χ4n) is 1.32. The highest BCUT2D eigenvalue weighted by atomic mass is 16.3. The first-order valence-electron chi connectivity index (χ1n) is 4.91. The minimum Gasteiger partial charge on any atom is -0.504 e. The van der Waals surface area contributed by atoms with Gasteiger partial charge in [0.05, 0.1) is 6.20 Å². The molecule has 0 aliphatic rings. The summed E-state index contributed by atoms with van der Waals surface area (Å²) in [5, 5.41) is 27.4. The van der Waals surface area contributed by atoms with Crippen LogP contribution in [0.25, 0.3) is 0 Å². The summed E-state index contributed by atoms with van der Waals surface area (Å²) in [6.45, 7) is 1.80. The molecule has 88 valence electrons. The number of anilines is 1. The van der Waals surface area contributed by atoms with Gasteiger partial charge in [0.15, 0.2) is 11.5 Å². The van der Waals surface area contributed by atoms with E-state index in [1.165, 1.54) is 18.2 Å². The molecule has 0 fully saturated rings.